The van der Waals surface area contributed by atoms with Crippen molar-refractivity contribution in [3.63, 3.8) is 0 Å². The van der Waals surface area contributed by atoms with Gasteiger partial charge in [-0.25, -0.2) is 0 Å². The minimum absolute atomic E-state index is 0.869. The quantitative estimate of drug-likeness (QED) is 0.665. The van der Waals surface area contributed by atoms with Gasteiger partial charge in [0, 0.05) is 0 Å². The molecule has 1 heteroatoms. The second-order valence-corrected chi connectivity index (χ2v) is 3.78. The van der Waals surface area contributed by atoms with E-state index in [-0.39, 0.29) is 0 Å². The predicted molar refractivity (Wildman–Crippen MR) is 78.0 cm³/mol. The average molecular weight is 238 g/mol. The first-order valence-electron chi connectivity index (χ1n) is 5.78. The summed E-state index contributed by atoms with van der Waals surface area (Å²) < 4.78 is 5.58. The molecule has 0 bridgehead atoms. The molecule has 1 nitrogen and oxygen atoms in total. The topological polar surface area (TPSA) is 9.23 Å². The van der Waals surface area contributed by atoms with Crippen LogP contribution in [0.25, 0.3) is 0 Å². The summed E-state index contributed by atoms with van der Waals surface area (Å²) in [5.74, 6) is 1.74. The van der Waals surface area contributed by atoms with Gasteiger partial charge in [-0.15, -0.1) is 0 Å². The molecule has 0 fully saturated rings. The van der Waals surface area contributed by atoms with E-state index >= 15 is 0 Å². The van der Waals surface area contributed by atoms with Crippen molar-refractivity contribution in [3.05, 3.63) is 85.5 Å². The third-order valence-electron chi connectivity index (χ3n) is 2.07. The van der Waals surface area contributed by atoms with Crippen molar-refractivity contribution in [1.29, 1.82) is 0 Å². The second-order valence-electron chi connectivity index (χ2n) is 3.78. The van der Waals surface area contributed by atoms with Crippen LogP contribution in [0.1, 0.15) is 6.92 Å². The van der Waals surface area contributed by atoms with Crippen molar-refractivity contribution in [1.82, 2.24) is 0 Å². The van der Waals surface area contributed by atoms with Crippen molar-refractivity contribution in [2.45, 2.75) is 6.92 Å². The van der Waals surface area contributed by atoms with Gasteiger partial charge >= 0.3 is 0 Å². The SMILES string of the molecule is C=CC(=C)C.c1ccc(Oc2ccccc2)cc1. The summed E-state index contributed by atoms with van der Waals surface area (Å²) in [5, 5.41) is 0. The van der Waals surface area contributed by atoms with Crippen molar-refractivity contribution < 1.29 is 4.74 Å². The number of allylic oxidation sites excluding steroid dienone is 2. The fourth-order valence-corrected chi connectivity index (χ4v) is 1.11. The Morgan fingerprint density at radius 2 is 1.22 bits per heavy atom. The normalized spacial score (nSPS) is 8.72. The van der Waals surface area contributed by atoms with E-state index in [1.807, 2.05) is 67.6 Å². The number of hydrogen-bond acceptors (Lipinski definition) is 1. The summed E-state index contributed by atoms with van der Waals surface area (Å²) in [6, 6.07) is 19.5. The Labute approximate surface area is 109 Å². The van der Waals surface area contributed by atoms with E-state index in [2.05, 4.69) is 13.2 Å². The summed E-state index contributed by atoms with van der Waals surface area (Å²) in [7, 11) is 0. The van der Waals surface area contributed by atoms with Gasteiger partial charge in [0.15, 0.2) is 0 Å². The summed E-state index contributed by atoms with van der Waals surface area (Å²) in [5.41, 5.74) is 1.02. The zero-order valence-electron chi connectivity index (χ0n) is 10.7. The molecule has 0 aliphatic carbocycles. The minimum Gasteiger partial charge on any atom is -0.457 e. The van der Waals surface area contributed by atoms with Crippen LogP contribution in [-0.4, -0.2) is 0 Å². The lowest BCUT2D eigenvalue weighted by molar-refractivity contribution is 0.482. The van der Waals surface area contributed by atoms with E-state index in [9.17, 15) is 0 Å². The molecule has 92 valence electrons. The molecule has 2 aromatic carbocycles. The maximum atomic E-state index is 5.58. The molecular weight excluding hydrogens is 220 g/mol. The fraction of sp³-hybridized carbons (Fsp3) is 0.0588. The van der Waals surface area contributed by atoms with E-state index in [4.69, 9.17) is 4.74 Å². The molecule has 0 radical (unpaired) electrons. The highest BCUT2D eigenvalue weighted by atomic mass is 16.5. The molecule has 2 rings (SSSR count). The first-order chi connectivity index (χ1) is 8.72. The van der Waals surface area contributed by atoms with Gasteiger partial charge in [-0.1, -0.05) is 61.2 Å². The lowest BCUT2D eigenvalue weighted by Crippen LogP contribution is -1.81. The van der Waals surface area contributed by atoms with Crippen LogP contribution in [0.4, 0.5) is 0 Å². The molecule has 0 aromatic heterocycles. The number of benzene rings is 2. The van der Waals surface area contributed by atoms with E-state index < -0.39 is 0 Å². The van der Waals surface area contributed by atoms with Gasteiger partial charge < -0.3 is 4.74 Å². The Morgan fingerprint density at radius 3 is 1.50 bits per heavy atom. The number of hydrogen-bond donors (Lipinski definition) is 0. The monoisotopic (exact) mass is 238 g/mol. The molecule has 0 heterocycles. The maximum absolute atomic E-state index is 5.58. The van der Waals surface area contributed by atoms with Gasteiger partial charge in [0.25, 0.3) is 0 Å². The molecule has 0 unspecified atom stereocenters. The van der Waals surface area contributed by atoms with Crippen molar-refractivity contribution in [2.75, 3.05) is 0 Å². The highest BCUT2D eigenvalue weighted by Crippen LogP contribution is 2.19. The molecule has 0 aliphatic heterocycles. The number of ether oxygens (including phenoxy) is 1. The molecule has 18 heavy (non-hydrogen) atoms. The van der Waals surface area contributed by atoms with Crippen LogP contribution < -0.4 is 4.74 Å². The van der Waals surface area contributed by atoms with E-state index in [0.29, 0.717) is 0 Å². The molecular formula is C17H18O. The summed E-state index contributed by atoms with van der Waals surface area (Å²) in [6.07, 6.45) is 1.72. The third-order valence-corrected chi connectivity index (χ3v) is 2.07. The molecule has 2 aromatic rings. The smallest absolute Gasteiger partial charge is 0.127 e. The maximum Gasteiger partial charge on any atom is 0.127 e. The lowest BCUT2D eigenvalue weighted by Gasteiger charge is -2.03. The van der Waals surface area contributed by atoms with E-state index in [1.54, 1.807) is 6.08 Å². The summed E-state index contributed by atoms with van der Waals surface area (Å²) in [6.45, 7) is 8.93. The molecule has 0 saturated heterocycles. The summed E-state index contributed by atoms with van der Waals surface area (Å²) >= 11 is 0. The van der Waals surface area contributed by atoms with Gasteiger partial charge in [-0.3, -0.25) is 0 Å². The number of para-hydroxylation sites is 2. The number of rotatable bonds is 3. The second kappa shape index (κ2) is 7.91. The Morgan fingerprint density at radius 1 is 0.889 bits per heavy atom. The first kappa shape index (κ1) is 13.8. The highest BCUT2D eigenvalue weighted by Gasteiger charge is 1.92. The fourth-order valence-electron chi connectivity index (χ4n) is 1.11. The van der Waals surface area contributed by atoms with Crippen molar-refractivity contribution in [2.24, 2.45) is 0 Å². The molecule has 0 N–H and O–H groups in total. The van der Waals surface area contributed by atoms with Crippen LogP contribution in [0, 0.1) is 0 Å². The van der Waals surface area contributed by atoms with Crippen LogP contribution >= 0.6 is 0 Å². The predicted octanol–water partition coefficient (Wildman–Crippen LogP) is 5.23. The largest absolute Gasteiger partial charge is 0.457 e. The van der Waals surface area contributed by atoms with E-state index in [0.717, 1.165) is 17.1 Å². The Hall–Kier alpha value is -2.28. The molecule has 0 aliphatic rings. The Bertz CT molecular complexity index is 434. The molecule has 0 spiro atoms. The van der Waals surface area contributed by atoms with Gasteiger partial charge in [0.2, 0.25) is 0 Å². The molecule has 0 amide bonds. The zero-order valence-corrected chi connectivity index (χ0v) is 10.7. The molecule has 0 saturated carbocycles. The van der Waals surface area contributed by atoms with Gasteiger partial charge in [0.1, 0.15) is 11.5 Å². The molecule has 0 atom stereocenters. The van der Waals surface area contributed by atoms with Crippen LogP contribution in [0.15, 0.2) is 85.5 Å². The van der Waals surface area contributed by atoms with Crippen LogP contribution in [0.3, 0.4) is 0 Å². The third kappa shape index (κ3) is 5.71. The summed E-state index contributed by atoms with van der Waals surface area (Å²) in [4.78, 5) is 0. The van der Waals surface area contributed by atoms with Crippen LogP contribution in [-0.2, 0) is 0 Å². The van der Waals surface area contributed by atoms with Gasteiger partial charge in [-0.05, 0) is 31.2 Å². The highest BCUT2D eigenvalue weighted by molar-refractivity contribution is 5.30. The van der Waals surface area contributed by atoms with E-state index in [1.165, 1.54) is 0 Å². The standard InChI is InChI=1S/C12H10O.C5H8/c1-3-7-11(8-4-1)13-12-9-5-2-6-10-12;1-4-5(2)3/h1-10H;4H,1-2H2,3H3. The first-order valence-corrected chi connectivity index (χ1v) is 5.78. The average Bonchev–Trinajstić information content (AvgIpc) is 2.42. The van der Waals surface area contributed by atoms with Crippen molar-refractivity contribution in [3.8, 4) is 11.5 Å². The minimum atomic E-state index is 0.869. The lowest BCUT2D eigenvalue weighted by atomic mass is 10.3. The Balaban J connectivity index is 0.000000280. The van der Waals surface area contributed by atoms with Crippen LogP contribution in [0.5, 0.6) is 11.5 Å². The Kier molecular flexibility index (Phi) is 6.05. The van der Waals surface area contributed by atoms with Crippen LogP contribution in [0.2, 0.25) is 0 Å². The van der Waals surface area contributed by atoms with Crippen molar-refractivity contribution >= 4 is 0 Å². The van der Waals surface area contributed by atoms with Gasteiger partial charge in [-0.2, -0.15) is 0 Å². The zero-order chi connectivity index (χ0) is 13.2. The van der Waals surface area contributed by atoms with Gasteiger partial charge in [0.05, 0.1) is 0 Å².